The number of hydrogen-bond donors (Lipinski definition) is 5. The van der Waals surface area contributed by atoms with Crippen molar-refractivity contribution in [2.45, 2.75) is 43.4 Å². The number of carbonyl (C=O) groups is 1. The van der Waals surface area contributed by atoms with Crippen LogP contribution < -0.4 is 0 Å². The molecule has 0 bridgehead atoms. The van der Waals surface area contributed by atoms with Crippen LogP contribution >= 0.6 is 0 Å². The number of rotatable bonds is 4. The van der Waals surface area contributed by atoms with Crippen LogP contribution in [0.25, 0.3) is 0 Å². The van der Waals surface area contributed by atoms with Crippen molar-refractivity contribution in [2.24, 2.45) is 17.8 Å². The summed E-state index contributed by atoms with van der Waals surface area (Å²) in [6.07, 6.45) is -4.63. The minimum absolute atomic E-state index is 0.0925. The number of aliphatic hydroxyl groups excluding tert-OH is 5. The molecule has 136 valence electrons. The maximum absolute atomic E-state index is 12.0. The van der Waals surface area contributed by atoms with E-state index < -0.39 is 55.4 Å². The molecule has 0 aromatic rings. The summed E-state index contributed by atoms with van der Waals surface area (Å²) in [6, 6.07) is 0. The van der Waals surface area contributed by atoms with Crippen LogP contribution in [0, 0.1) is 17.8 Å². The van der Waals surface area contributed by atoms with E-state index in [-0.39, 0.29) is 24.7 Å². The number of allylic oxidation sites excluding steroid dienone is 1. The zero-order chi connectivity index (χ0) is 17.4. The van der Waals surface area contributed by atoms with E-state index >= 15 is 0 Å². The van der Waals surface area contributed by atoms with Crippen LogP contribution in [0.3, 0.4) is 0 Å². The van der Waals surface area contributed by atoms with Crippen molar-refractivity contribution < 1.29 is 44.5 Å². The highest BCUT2D eigenvalue weighted by Gasteiger charge is 2.51. The molecule has 3 aliphatic rings. The second-order valence-corrected chi connectivity index (χ2v) is 6.37. The summed E-state index contributed by atoms with van der Waals surface area (Å²) >= 11 is 0. The Balaban J connectivity index is 1.74. The van der Waals surface area contributed by atoms with Gasteiger partial charge in [0.1, 0.15) is 30.2 Å². The second-order valence-electron chi connectivity index (χ2n) is 6.37. The van der Waals surface area contributed by atoms with E-state index in [0.717, 1.165) is 0 Å². The second kappa shape index (κ2) is 7.04. The Morgan fingerprint density at radius 1 is 1.08 bits per heavy atom. The van der Waals surface area contributed by atoms with Crippen LogP contribution in [0.15, 0.2) is 12.3 Å². The van der Waals surface area contributed by atoms with Gasteiger partial charge in [0.25, 0.3) is 0 Å². The number of Topliss-reactive ketones (excluding diaryl/α,β-unsaturated/α-hetero) is 1. The van der Waals surface area contributed by atoms with E-state index in [1.807, 2.05) is 0 Å². The summed E-state index contributed by atoms with van der Waals surface area (Å²) in [5, 5.41) is 48.3. The highest BCUT2D eigenvalue weighted by molar-refractivity contribution is 5.84. The number of fused-ring (bicyclic) bond motifs is 1. The maximum atomic E-state index is 12.0. The van der Waals surface area contributed by atoms with Crippen molar-refractivity contribution in [1.29, 1.82) is 0 Å². The molecule has 0 aromatic carbocycles. The summed E-state index contributed by atoms with van der Waals surface area (Å²) in [7, 11) is 0. The molecule has 24 heavy (non-hydrogen) atoms. The van der Waals surface area contributed by atoms with Gasteiger partial charge in [0, 0.05) is 12.3 Å². The topological polar surface area (TPSA) is 146 Å². The Hall–Kier alpha value is -1.07. The third-order valence-electron chi connectivity index (χ3n) is 4.98. The fourth-order valence-corrected chi connectivity index (χ4v) is 3.59. The lowest BCUT2D eigenvalue weighted by molar-refractivity contribution is -0.342. The summed E-state index contributed by atoms with van der Waals surface area (Å²) < 4.78 is 16.3. The predicted octanol–water partition coefficient (Wildman–Crippen LogP) is -2.51. The highest BCUT2D eigenvalue weighted by atomic mass is 16.8. The molecule has 9 heteroatoms. The summed E-state index contributed by atoms with van der Waals surface area (Å²) in [6.45, 7) is -0.911. The standard InChI is InChI=1S/C15H22O9/c16-4-7-8(18)3-6-1-2-22-14(10(6)7)24-15-13(21)12(20)11(19)9(5-17)23-15/h1-2,6-7,9-17,19-21H,3-5H2/t6-,7-,9+,10-,11+,12-,13+,14-,15+/m0/s1. The first-order valence-corrected chi connectivity index (χ1v) is 7.89. The van der Waals surface area contributed by atoms with Gasteiger partial charge in [-0.05, 0) is 12.0 Å². The van der Waals surface area contributed by atoms with Crippen molar-refractivity contribution in [3.05, 3.63) is 12.3 Å². The fourth-order valence-electron chi connectivity index (χ4n) is 3.59. The lowest BCUT2D eigenvalue weighted by Crippen LogP contribution is -2.60. The maximum Gasteiger partial charge on any atom is 0.205 e. The molecule has 1 saturated carbocycles. The largest absolute Gasteiger partial charge is 0.472 e. The molecule has 3 rings (SSSR count). The van der Waals surface area contributed by atoms with Gasteiger partial charge in [0.2, 0.25) is 6.29 Å². The minimum atomic E-state index is -1.56. The van der Waals surface area contributed by atoms with Crippen LogP contribution in [-0.4, -0.2) is 81.5 Å². The lowest BCUT2D eigenvalue weighted by atomic mass is 9.87. The van der Waals surface area contributed by atoms with Crippen LogP contribution in [0.1, 0.15) is 6.42 Å². The molecule has 1 aliphatic carbocycles. The smallest absolute Gasteiger partial charge is 0.205 e. The Labute approximate surface area is 138 Å². The molecule has 0 spiro atoms. The van der Waals surface area contributed by atoms with Gasteiger partial charge in [-0.3, -0.25) is 4.79 Å². The number of ketones is 1. The molecule has 5 N–H and O–H groups in total. The highest BCUT2D eigenvalue weighted by Crippen LogP contribution is 2.42. The van der Waals surface area contributed by atoms with Gasteiger partial charge in [-0.2, -0.15) is 0 Å². The third-order valence-corrected chi connectivity index (χ3v) is 4.98. The molecule has 2 fully saturated rings. The molecule has 0 radical (unpaired) electrons. The monoisotopic (exact) mass is 346 g/mol. The van der Waals surface area contributed by atoms with Crippen LogP contribution in [0.4, 0.5) is 0 Å². The van der Waals surface area contributed by atoms with Crippen LogP contribution in [0.5, 0.6) is 0 Å². The van der Waals surface area contributed by atoms with Gasteiger partial charge in [0.05, 0.1) is 25.4 Å². The first-order valence-electron chi connectivity index (χ1n) is 7.89. The van der Waals surface area contributed by atoms with Crippen molar-refractivity contribution in [1.82, 2.24) is 0 Å². The Kier molecular flexibility index (Phi) is 5.21. The molecule has 9 atom stereocenters. The molecular weight excluding hydrogens is 324 g/mol. The van der Waals surface area contributed by atoms with Crippen molar-refractivity contribution >= 4 is 5.78 Å². The molecule has 0 amide bonds. The molecule has 2 aliphatic heterocycles. The van der Waals surface area contributed by atoms with E-state index in [2.05, 4.69) is 0 Å². The Bertz CT molecular complexity index is 493. The minimum Gasteiger partial charge on any atom is -0.472 e. The zero-order valence-corrected chi connectivity index (χ0v) is 12.8. The normalized spacial score (nSPS) is 48.2. The molecule has 0 aromatic heterocycles. The van der Waals surface area contributed by atoms with Crippen molar-refractivity contribution in [2.75, 3.05) is 13.2 Å². The van der Waals surface area contributed by atoms with Gasteiger partial charge >= 0.3 is 0 Å². The SMILES string of the molecule is O=C1C[C@@H]2C=CO[C@@H](O[C@H]3O[C@H](CO)[C@@H](O)[C@H](O)[C@H]3O)[C@@H]2[C@H]1CO. The van der Waals surface area contributed by atoms with E-state index in [0.29, 0.717) is 0 Å². The Morgan fingerprint density at radius 3 is 2.50 bits per heavy atom. The van der Waals surface area contributed by atoms with Gasteiger partial charge in [-0.15, -0.1) is 0 Å². The molecule has 2 heterocycles. The van der Waals surface area contributed by atoms with Crippen LogP contribution in [0.2, 0.25) is 0 Å². The quantitative estimate of drug-likeness (QED) is 0.372. The van der Waals surface area contributed by atoms with Gasteiger partial charge in [0.15, 0.2) is 6.29 Å². The van der Waals surface area contributed by atoms with Gasteiger partial charge in [-0.25, -0.2) is 0 Å². The fraction of sp³-hybridized carbons (Fsp3) is 0.800. The number of carbonyl (C=O) groups excluding carboxylic acids is 1. The zero-order valence-electron chi connectivity index (χ0n) is 12.8. The molecule has 9 nitrogen and oxygen atoms in total. The predicted molar refractivity (Wildman–Crippen MR) is 76.0 cm³/mol. The van der Waals surface area contributed by atoms with Gasteiger partial charge < -0.3 is 39.7 Å². The number of aliphatic hydroxyl groups is 5. The van der Waals surface area contributed by atoms with E-state index in [9.17, 15) is 30.3 Å². The Morgan fingerprint density at radius 2 is 1.83 bits per heavy atom. The van der Waals surface area contributed by atoms with Crippen molar-refractivity contribution in [3.8, 4) is 0 Å². The summed E-state index contributed by atoms with van der Waals surface area (Å²) in [5.74, 6) is -1.34. The van der Waals surface area contributed by atoms with Gasteiger partial charge in [-0.1, -0.05) is 0 Å². The number of hydrogen-bond acceptors (Lipinski definition) is 9. The molecular formula is C15H22O9. The van der Waals surface area contributed by atoms with E-state index in [1.54, 1.807) is 6.08 Å². The first kappa shape index (κ1) is 17.7. The summed E-state index contributed by atoms with van der Waals surface area (Å²) in [4.78, 5) is 12.0. The molecule has 1 saturated heterocycles. The van der Waals surface area contributed by atoms with E-state index in [4.69, 9.17) is 14.2 Å². The number of ether oxygens (including phenoxy) is 3. The van der Waals surface area contributed by atoms with Crippen molar-refractivity contribution in [3.63, 3.8) is 0 Å². The average molecular weight is 346 g/mol. The van der Waals surface area contributed by atoms with E-state index in [1.165, 1.54) is 6.26 Å². The lowest BCUT2D eigenvalue weighted by Gasteiger charge is -2.42. The first-order chi connectivity index (χ1) is 11.5. The van der Waals surface area contributed by atoms with Crippen LogP contribution in [-0.2, 0) is 19.0 Å². The average Bonchev–Trinajstić information content (AvgIpc) is 2.91. The summed E-state index contributed by atoms with van der Waals surface area (Å²) in [5.41, 5.74) is 0. The molecule has 0 unspecified atom stereocenters. The third kappa shape index (κ3) is 2.97.